The number of nitrogens with two attached hydrogens (primary N) is 1. The zero-order valence-corrected chi connectivity index (χ0v) is 10.9. The molecule has 2 aromatic rings. The highest BCUT2D eigenvalue weighted by atomic mass is 16.6. The van der Waals surface area contributed by atoms with Crippen LogP contribution in [0.2, 0.25) is 0 Å². The van der Waals surface area contributed by atoms with Crippen molar-refractivity contribution in [3.63, 3.8) is 0 Å². The summed E-state index contributed by atoms with van der Waals surface area (Å²) in [5.41, 5.74) is 7.81. The van der Waals surface area contributed by atoms with Crippen molar-refractivity contribution in [2.24, 2.45) is 0 Å². The van der Waals surface area contributed by atoms with Crippen molar-refractivity contribution in [2.75, 3.05) is 5.73 Å². The summed E-state index contributed by atoms with van der Waals surface area (Å²) in [5, 5.41) is 15.1. The Morgan fingerprint density at radius 3 is 2.79 bits per heavy atom. The Bertz CT molecular complexity index is 606. The van der Waals surface area contributed by atoms with Crippen molar-refractivity contribution in [1.82, 2.24) is 9.78 Å². The number of non-ortho nitro benzene ring substituents is 1. The van der Waals surface area contributed by atoms with E-state index >= 15 is 0 Å². The molecule has 2 N–H and O–H groups in total. The average Bonchev–Trinajstić information content (AvgIpc) is 2.72. The van der Waals surface area contributed by atoms with Gasteiger partial charge in [0.25, 0.3) is 5.69 Å². The molecule has 2 rings (SSSR count). The highest BCUT2D eigenvalue weighted by Crippen LogP contribution is 2.27. The number of benzene rings is 1. The Labute approximate surface area is 111 Å². The van der Waals surface area contributed by atoms with Crippen LogP contribution < -0.4 is 5.73 Å². The maximum absolute atomic E-state index is 10.8. The summed E-state index contributed by atoms with van der Waals surface area (Å²) in [5.74, 6) is 0.596. The molecule has 19 heavy (non-hydrogen) atoms. The highest BCUT2D eigenvalue weighted by Gasteiger charge is 2.18. The fraction of sp³-hybridized carbons (Fsp3) is 0.308. The molecule has 0 aliphatic rings. The van der Waals surface area contributed by atoms with E-state index in [1.165, 1.54) is 6.07 Å². The van der Waals surface area contributed by atoms with Crippen LogP contribution in [0.15, 0.2) is 30.5 Å². The summed E-state index contributed by atoms with van der Waals surface area (Å²) in [6, 6.07) is 6.51. The molecule has 0 fully saturated rings. The van der Waals surface area contributed by atoms with Gasteiger partial charge in [-0.1, -0.05) is 19.1 Å². The third kappa shape index (κ3) is 2.42. The van der Waals surface area contributed by atoms with Gasteiger partial charge in [0.05, 0.1) is 17.2 Å². The average molecular weight is 260 g/mol. The van der Waals surface area contributed by atoms with E-state index in [4.69, 9.17) is 5.73 Å². The second kappa shape index (κ2) is 5.09. The van der Waals surface area contributed by atoms with Crippen LogP contribution in [0.3, 0.4) is 0 Å². The normalized spacial score (nSPS) is 12.3. The molecule has 0 saturated carbocycles. The SMILES string of the molecule is CCC(c1cccc([N+](=O)[O-])c1)n1ncc(C)c1N. The molecule has 1 atom stereocenters. The zero-order chi connectivity index (χ0) is 14.0. The number of anilines is 1. The predicted molar refractivity (Wildman–Crippen MR) is 72.9 cm³/mol. The van der Waals surface area contributed by atoms with Crippen LogP contribution in [0.5, 0.6) is 0 Å². The first-order valence-electron chi connectivity index (χ1n) is 6.08. The van der Waals surface area contributed by atoms with E-state index in [0.29, 0.717) is 5.82 Å². The third-order valence-electron chi connectivity index (χ3n) is 3.17. The van der Waals surface area contributed by atoms with Crippen LogP contribution in [0.1, 0.15) is 30.5 Å². The van der Waals surface area contributed by atoms with Crippen molar-refractivity contribution < 1.29 is 4.92 Å². The number of nitro benzene ring substituents is 1. The van der Waals surface area contributed by atoms with Gasteiger partial charge in [0.1, 0.15) is 5.82 Å². The number of rotatable bonds is 4. The minimum Gasteiger partial charge on any atom is -0.384 e. The van der Waals surface area contributed by atoms with E-state index in [1.807, 2.05) is 19.9 Å². The Morgan fingerprint density at radius 2 is 2.26 bits per heavy atom. The molecule has 0 amide bonds. The van der Waals surface area contributed by atoms with Gasteiger partial charge in [0.2, 0.25) is 0 Å². The van der Waals surface area contributed by atoms with E-state index < -0.39 is 4.92 Å². The zero-order valence-electron chi connectivity index (χ0n) is 10.9. The van der Waals surface area contributed by atoms with Crippen LogP contribution in [0.25, 0.3) is 0 Å². The molecule has 1 aromatic carbocycles. The molecular formula is C13H16N4O2. The maximum atomic E-state index is 10.8. The third-order valence-corrected chi connectivity index (χ3v) is 3.17. The van der Waals surface area contributed by atoms with E-state index in [2.05, 4.69) is 5.10 Å². The summed E-state index contributed by atoms with van der Waals surface area (Å²) >= 11 is 0. The van der Waals surface area contributed by atoms with Crippen molar-refractivity contribution in [3.05, 3.63) is 51.7 Å². The number of nitrogens with zero attached hydrogens (tertiary/aromatic N) is 3. The highest BCUT2D eigenvalue weighted by molar-refractivity contribution is 5.41. The van der Waals surface area contributed by atoms with Crippen LogP contribution in [-0.4, -0.2) is 14.7 Å². The molecule has 0 radical (unpaired) electrons. The van der Waals surface area contributed by atoms with Crippen LogP contribution in [0, 0.1) is 17.0 Å². The quantitative estimate of drug-likeness (QED) is 0.676. The number of hydrogen-bond donors (Lipinski definition) is 1. The Balaban J connectivity index is 2.45. The number of nitrogen functional groups attached to an aromatic ring is 1. The van der Waals surface area contributed by atoms with E-state index in [1.54, 1.807) is 23.0 Å². The van der Waals surface area contributed by atoms with Crippen molar-refractivity contribution in [2.45, 2.75) is 26.3 Å². The molecule has 0 spiro atoms. The molecule has 1 heterocycles. The van der Waals surface area contributed by atoms with Gasteiger partial charge in [-0.3, -0.25) is 10.1 Å². The number of hydrogen-bond acceptors (Lipinski definition) is 4. The predicted octanol–water partition coefficient (Wildman–Crippen LogP) is 2.68. The first kappa shape index (κ1) is 13.1. The molecule has 0 bridgehead atoms. The number of aryl methyl sites for hydroxylation is 1. The Morgan fingerprint density at radius 1 is 1.53 bits per heavy atom. The fourth-order valence-electron chi connectivity index (χ4n) is 2.10. The molecule has 0 aliphatic carbocycles. The standard InChI is InChI=1S/C13H16N4O2/c1-3-12(16-13(14)9(2)8-15-16)10-5-4-6-11(7-10)17(18)19/h4-8,12H,3,14H2,1-2H3. The Kier molecular flexibility index (Phi) is 3.50. The molecule has 1 aromatic heterocycles. The molecular weight excluding hydrogens is 244 g/mol. The lowest BCUT2D eigenvalue weighted by Gasteiger charge is -2.17. The molecule has 100 valence electrons. The first-order valence-corrected chi connectivity index (χ1v) is 6.08. The molecule has 6 nitrogen and oxygen atoms in total. The van der Waals surface area contributed by atoms with Crippen molar-refractivity contribution in [3.8, 4) is 0 Å². The first-order chi connectivity index (χ1) is 9.04. The van der Waals surface area contributed by atoms with Gasteiger partial charge in [-0.15, -0.1) is 0 Å². The summed E-state index contributed by atoms with van der Waals surface area (Å²) in [6.07, 6.45) is 2.46. The van der Waals surface area contributed by atoms with Crippen molar-refractivity contribution >= 4 is 11.5 Å². The van der Waals surface area contributed by atoms with Crippen LogP contribution in [0.4, 0.5) is 11.5 Å². The topological polar surface area (TPSA) is 87.0 Å². The number of nitro groups is 1. The lowest BCUT2D eigenvalue weighted by molar-refractivity contribution is -0.384. The van der Waals surface area contributed by atoms with Gasteiger partial charge in [-0.2, -0.15) is 5.10 Å². The van der Waals surface area contributed by atoms with E-state index in [9.17, 15) is 10.1 Å². The van der Waals surface area contributed by atoms with Gasteiger partial charge in [0, 0.05) is 17.7 Å². The second-order valence-electron chi connectivity index (χ2n) is 4.43. The minimum atomic E-state index is -0.395. The lowest BCUT2D eigenvalue weighted by atomic mass is 10.0. The number of aromatic nitrogens is 2. The van der Waals surface area contributed by atoms with Gasteiger partial charge in [-0.05, 0) is 18.9 Å². The van der Waals surface area contributed by atoms with Crippen LogP contribution >= 0.6 is 0 Å². The van der Waals surface area contributed by atoms with Crippen LogP contribution in [-0.2, 0) is 0 Å². The molecule has 0 saturated heterocycles. The molecule has 0 aliphatic heterocycles. The summed E-state index contributed by atoms with van der Waals surface area (Å²) in [7, 11) is 0. The summed E-state index contributed by atoms with van der Waals surface area (Å²) in [4.78, 5) is 10.4. The monoisotopic (exact) mass is 260 g/mol. The fourth-order valence-corrected chi connectivity index (χ4v) is 2.10. The van der Waals surface area contributed by atoms with Gasteiger partial charge < -0.3 is 5.73 Å². The lowest BCUT2D eigenvalue weighted by Crippen LogP contribution is -2.14. The van der Waals surface area contributed by atoms with Gasteiger partial charge >= 0.3 is 0 Å². The summed E-state index contributed by atoms with van der Waals surface area (Å²) in [6.45, 7) is 3.89. The van der Waals surface area contributed by atoms with Gasteiger partial charge in [0.15, 0.2) is 0 Å². The minimum absolute atomic E-state index is 0.0819. The van der Waals surface area contributed by atoms with Gasteiger partial charge in [-0.25, -0.2) is 4.68 Å². The molecule has 6 heteroatoms. The second-order valence-corrected chi connectivity index (χ2v) is 4.43. The van der Waals surface area contributed by atoms with E-state index in [0.717, 1.165) is 17.5 Å². The maximum Gasteiger partial charge on any atom is 0.269 e. The smallest absolute Gasteiger partial charge is 0.269 e. The largest absolute Gasteiger partial charge is 0.384 e. The van der Waals surface area contributed by atoms with Crippen molar-refractivity contribution in [1.29, 1.82) is 0 Å². The van der Waals surface area contributed by atoms with E-state index in [-0.39, 0.29) is 11.7 Å². The summed E-state index contributed by atoms with van der Waals surface area (Å²) < 4.78 is 1.72. The Hall–Kier alpha value is -2.37. The molecule has 1 unspecified atom stereocenters.